The molecule has 1 aromatic rings. The lowest BCUT2D eigenvalue weighted by atomic mass is 10.0. The third-order valence-electron chi connectivity index (χ3n) is 4.37. The molecule has 0 aromatic heterocycles. The maximum Gasteiger partial charge on any atom is 0.305 e. The van der Waals surface area contributed by atoms with Crippen LogP contribution in [0.25, 0.3) is 0 Å². The Hall–Kier alpha value is -1.91. The monoisotopic (exact) mass is 291 g/mol. The molecule has 2 fully saturated rings. The van der Waals surface area contributed by atoms with Crippen LogP contribution < -0.4 is 5.32 Å². The molecule has 3 unspecified atom stereocenters. The number of aliphatic carboxylic acids is 1. The van der Waals surface area contributed by atoms with Gasteiger partial charge in [-0.1, -0.05) is 12.1 Å². The fourth-order valence-electron chi connectivity index (χ4n) is 2.96. The molecule has 1 aromatic carbocycles. The Morgan fingerprint density at radius 1 is 1.29 bits per heavy atom. The van der Waals surface area contributed by atoms with Crippen LogP contribution in [0.2, 0.25) is 0 Å². The molecule has 2 saturated carbocycles. The van der Waals surface area contributed by atoms with Crippen molar-refractivity contribution in [1.29, 1.82) is 0 Å². The van der Waals surface area contributed by atoms with Crippen molar-refractivity contribution in [3.8, 4) is 0 Å². The summed E-state index contributed by atoms with van der Waals surface area (Å²) in [5.74, 6) is -0.209. The average Bonchev–Trinajstić information content (AvgIpc) is 3.28. The Balaban J connectivity index is 1.65. The van der Waals surface area contributed by atoms with E-state index in [1.54, 1.807) is 0 Å². The van der Waals surface area contributed by atoms with Crippen LogP contribution in [0, 0.1) is 23.6 Å². The first kappa shape index (κ1) is 14.0. The van der Waals surface area contributed by atoms with Gasteiger partial charge in [-0.05, 0) is 48.8 Å². The van der Waals surface area contributed by atoms with Crippen LogP contribution in [-0.2, 0) is 9.59 Å². The van der Waals surface area contributed by atoms with Crippen molar-refractivity contribution < 1.29 is 19.1 Å². The lowest BCUT2D eigenvalue weighted by Gasteiger charge is -2.17. The molecule has 1 amide bonds. The molecular weight excluding hydrogens is 273 g/mol. The fraction of sp³-hybridized carbons (Fsp3) is 0.500. The van der Waals surface area contributed by atoms with E-state index in [1.807, 2.05) is 0 Å². The van der Waals surface area contributed by atoms with E-state index >= 15 is 0 Å². The van der Waals surface area contributed by atoms with Crippen LogP contribution in [0.5, 0.6) is 0 Å². The molecule has 2 aliphatic rings. The van der Waals surface area contributed by atoms with Gasteiger partial charge in [-0.3, -0.25) is 9.59 Å². The lowest BCUT2D eigenvalue weighted by molar-refractivity contribution is -0.137. The second-order valence-electron chi connectivity index (χ2n) is 6.05. The second-order valence-corrected chi connectivity index (χ2v) is 6.05. The molecule has 21 heavy (non-hydrogen) atoms. The summed E-state index contributed by atoms with van der Waals surface area (Å²) in [6.07, 6.45) is 3.15. The first-order chi connectivity index (χ1) is 10.0. The number of carboxylic acids is 1. The first-order valence-electron chi connectivity index (χ1n) is 7.32. The van der Waals surface area contributed by atoms with Crippen molar-refractivity contribution in [2.45, 2.75) is 31.7 Å². The highest BCUT2D eigenvalue weighted by Crippen LogP contribution is 2.54. The Morgan fingerprint density at radius 3 is 2.52 bits per heavy atom. The molecule has 0 aliphatic heterocycles. The van der Waals surface area contributed by atoms with E-state index in [0.717, 1.165) is 6.42 Å². The Labute approximate surface area is 122 Å². The quantitative estimate of drug-likeness (QED) is 0.846. The SMILES string of the molecule is O=C(O)CC(NC(=O)C1CC1C1CC1)c1ccc(F)cc1. The van der Waals surface area contributed by atoms with E-state index in [1.165, 1.54) is 37.1 Å². The number of halogens is 1. The number of rotatable bonds is 6. The smallest absolute Gasteiger partial charge is 0.305 e. The topological polar surface area (TPSA) is 66.4 Å². The van der Waals surface area contributed by atoms with Gasteiger partial charge in [0, 0.05) is 5.92 Å². The molecule has 3 rings (SSSR count). The highest BCUT2D eigenvalue weighted by Gasteiger charge is 2.51. The van der Waals surface area contributed by atoms with Crippen LogP contribution in [0.1, 0.15) is 37.3 Å². The van der Waals surface area contributed by atoms with Gasteiger partial charge in [0.2, 0.25) is 5.91 Å². The number of carboxylic acid groups (broad SMARTS) is 1. The highest BCUT2D eigenvalue weighted by molar-refractivity contribution is 5.82. The molecule has 112 valence electrons. The summed E-state index contributed by atoms with van der Waals surface area (Å²) < 4.78 is 13.0. The summed E-state index contributed by atoms with van der Waals surface area (Å²) in [5.41, 5.74) is 0.621. The largest absolute Gasteiger partial charge is 0.481 e. The molecule has 0 saturated heterocycles. The number of carbonyl (C=O) groups excluding carboxylic acids is 1. The van der Waals surface area contributed by atoms with E-state index in [9.17, 15) is 14.0 Å². The Kier molecular flexibility index (Phi) is 3.66. The summed E-state index contributed by atoms with van der Waals surface area (Å²) in [7, 11) is 0. The molecule has 5 heteroatoms. The fourth-order valence-corrected chi connectivity index (χ4v) is 2.96. The van der Waals surface area contributed by atoms with Crippen LogP contribution >= 0.6 is 0 Å². The van der Waals surface area contributed by atoms with E-state index in [2.05, 4.69) is 5.32 Å². The predicted octanol–water partition coefficient (Wildman–Crippen LogP) is 2.50. The summed E-state index contributed by atoms with van der Waals surface area (Å²) >= 11 is 0. The van der Waals surface area contributed by atoms with Crippen molar-refractivity contribution >= 4 is 11.9 Å². The Morgan fingerprint density at radius 2 is 1.95 bits per heavy atom. The van der Waals surface area contributed by atoms with Crippen LogP contribution in [0.15, 0.2) is 24.3 Å². The Bertz CT molecular complexity index is 553. The highest BCUT2D eigenvalue weighted by atomic mass is 19.1. The van der Waals surface area contributed by atoms with Crippen molar-refractivity contribution in [1.82, 2.24) is 5.32 Å². The van der Waals surface area contributed by atoms with Gasteiger partial charge in [0.1, 0.15) is 5.82 Å². The van der Waals surface area contributed by atoms with E-state index < -0.39 is 12.0 Å². The number of hydrogen-bond donors (Lipinski definition) is 2. The number of carbonyl (C=O) groups is 2. The molecule has 3 atom stereocenters. The van der Waals surface area contributed by atoms with Gasteiger partial charge >= 0.3 is 5.97 Å². The summed E-state index contributed by atoms with van der Waals surface area (Å²) in [6, 6.07) is 5.00. The molecule has 0 radical (unpaired) electrons. The minimum absolute atomic E-state index is 0.0363. The minimum atomic E-state index is -0.987. The van der Waals surface area contributed by atoms with Crippen molar-refractivity contribution in [2.75, 3.05) is 0 Å². The van der Waals surface area contributed by atoms with Gasteiger partial charge in [0.25, 0.3) is 0 Å². The van der Waals surface area contributed by atoms with Crippen molar-refractivity contribution in [2.24, 2.45) is 17.8 Å². The van der Waals surface area contributed by atoms with E-state index in [-0.39, 0.29) is 24.1 Å². The van der Waals surface area contributed by atoms with Crippen molar-refractivity contribution in [3.05, 3.63) is 35.6 Å². The van der Waals surface area contributed by atoms with Crippen LogP contribution in [0.3, 0.4) is 0 Å². The zero-order chi connectivity index (χ0) is 15.0. The number of amides is 1. The van der Waals surface area contributed by atoms with Gasteiger partial charge in [-0.25, -0.2) is 4.39 Å². The summed E-state index contributed by atoms with van der Waals surface area (Å²) in [5, 5.41) is 11.8. The standard InChI is InChI=1S/C16H18FNO3/c17-11-5-3-10(4-6-11)14(8-15(19)20)18-16(21)13-7-12(13)9-1-2-9/h3-6,9,12-14H,1-2,7-8H2,(H,18,21)(H,19,20). The lowest BCUT2D eigenvalue weighted by Crippen LogP contribution is -2.31. The number of benzene rings is 1. The second kappa shape index (κ2) is 5.47. The van der Waals surface area contributed by atoms with Gasteiger partial charge in [0.15, 0.2) is 0 Å². The molecular formula is C16H18FNO3. The van der Waals surface area contributed by atoms with E-state index in [0.29, 0.717) is 17.4 Å². The number of nitrogens with one attached hydrogen (secondary N) is 1. The third kappa shape index (κ3) is 3.40. The molecule has 0 bridgehead atoms. The molecule has 0 spiro atoms. The third-order valence-corrected chi connectivity index (χ3v) is 4.37. The predicted molar refractivity (Wildman–Crippen MR) is 73.9 cm³/mol. The average molecular weight is 291 g/mol. The zero-order valence-electron chi connectivity index (χ0n) is 11.6. The van der Waals surface area contributed by atoms with Crippen LogP contribution in [-0.4, -0.2) is 17.0 Å². The molecule has 0 heterocycles. The van der Waals surface area contributed by atoms with E-state index in [4.69, 9.17) is 5.11 Å². The summed E-state index contributed by atoms with van der Waals surface area (Å²) in [6.45, 7) is 0. The van der Waals surface area contributed by atoms with Crippen molar-refractivity contribution in [3.63, 3.8) is 0 Å². The number of hydrogen-bond acceptors (Lipinski definition) is 2. The minimum Gasteiger partial charge on any atom is -0.481 e. The molecule has 2 aliphatic carbocycles. The maximum atomic E-state index is 13.0. The molecule has 4 nitrogen and oxygen atoms in total. The van der Waals surface area contributed by atoms with Gasteiger partial charge in [0.05, 0.1) is 12.5 Å². The normalized spacial score (nSPS) is 25.2. The molecule has 2 N–H and O–H groups in total. The maximum absolute atomic E-state index is 13.0. The van der Waals surface area contributed by atoms with Gasteiger partial charge in [-0.2, -0.15) is 0 Å². The first-order valence-corrected chi connectivity index (χ1v) is 7.32. The van der Waals surface area contributed by atoms with Gasteiger partial charge < -0.3 is 10.4 Å². The van der Waals surface area contributed by atoms with Gasteiger partial charge in [-0.15, -0.1) is 0 Å². The van der Waals surface area contributed by atoms with Crippen LogP contribution in [0.4, 0.5) is 4.39 Å². The zero-order valence-corrected chi connectivity index (χ0v) is 11.6. The summed E-state index contributed by atoms with van der Waals surface area (Å²) in [4.78, 5) is 23.2.